The number of nitrogens with one attached hydrogen (secondary N) is 1. The van der Waals surface area contributed by atoms with E-state index in [1.807, 2.05) is 49.4 Å². The lowest BCUT2D eigenvalue weighted by atomic mass is 10.1. The zero-order valence-electron chi connectivity index (χ0n) is 12.7. The molecule has 0 bridgehead atoms. The van der Waals surface area contributed by atoms with E-state index in [9.17, 15) is 4.79 Å². The van der Waals surface area contributed by atoms with E-state index in [2.05, 4.69) is 9.97 Å². The molecule has 0 unspecified atom stereocenters. The van der Waals surface area contributed by atoms with E-state index in [0.717, 1.165) is 22.3 Å². The van der Waals surface area contributed by atoms with Gasteiger partial charge in [0.1, 0.15) is 22.7 Å². The van der Waals surface area contributed by atoms with Crippen molar-refractivity contribution in [1.29, 1.82) is 0 Å². The van der Waals surface area contributed by atoms with Crippen LogP contribution >= 0.6 is 0 Å². The molecule has 5 nitrogen and oxygen atoms in total. The molecule has 2 aromatic carbocycles. The monoisotopic (exact) mass is 306 g/mol. The van der Waals surface area contributed by atoms with Crippen LogP contribution in [0.15, 0.2) is 51.7 Å². The lowest BCUT2D eigenvalue weighted by Gasteiger charge is -2.03. The summed E-state index contributed by atoms with van der Waals surface area (Å²) in [6.07, 6.45) is 0. The van der Waals surface area contributed by atoms with Gasteiger partial charge < -0.3 is 14.1 Å². The zero-order valence-corrected chi connectivity index (χ0v) is 12.7. The molecule has 0 aliphatic rings. The minimum Gasteiger partial charge on any atom is -0.497 e. The van der Waals surface area contributed by atoms with Gasteiger partial charge in [-0.15, -0.1) is 0 Å². The second kappa shape index (κ2) is 4.98. The summed E-state index contributed by atoms with van der Waals surface area (Å²) in [5.41, 5.74) is 3.12. The minimum atomic E-state index is -0.283. The Kier molecular flexibility index (Phi) is 2.94. The van der Waals surface area contributed by atoms with Crippen LogP contribution in [0.4, 0.5) is 0 Å². The van der Waals surface area contributed by atoms with Gasteiger partial charge in [0.25, 0.3) is 5.56 Å². The highest BCUT2D eigenvalue weighted by atomic mass is 16.5. The third kappa shape index (κ3) is 2.17. The van der Waals surface area contributed by atoms with Gasteiger partial charge in [-0.1, -0.05) is 11.6 Å². The fourth-order valence-corrected chi connectivity index (χ4v) is 2.65. The number of fused-ring (bicyclic) bond motifs is 3. The summed E-state index contributed by atoms with van der Waals surface area (Å²) in [5, 5.41) is 0.848. The predicted octanol–water partition coefficient (Wildman–Crippen LogP) is 3.65. The van der Waals surface area contributed by atoms with Crippen LogP contribution in [0.5, 0.6) is 5.75 Å². The molecule has 114 valence electrons. The molecule has 2 aromatic heterocycles. The molecule has 0 amide bonds. The van der Waals surface area contributed by atoms with Gasteiger partial charge in [0.05, 0.1) is 7.11 Å². The summed E-state index contributed by atoms with van der Waals surface area (Å²) >= 11 is 0. The van der Waals surface area contributed by atoms with Crippen molar-refractivity contribution in [2.24, 2.45) is 0 Å². The van der Waals surface area contributed by atoms with Crippen molar-refractivity contribution in [2.75, 3.05) is 7.11 Å². The summed E-state index contributed by atoms with van der Waals surface area (Å²) in [6, 6.07) is 13.2. The fourth-order valence-electron chi connectivity index (χ4n) is 2.65. The first kappa shape index (κ1) is 13.6. The van der Waals surface area contributed by atoms with Crippen LogP contribution in [0.2, 0.25) is 0 Å². The molecule has 0 spiro atoms. The summed E-state index contributed by atoms with van der Waals surface area (Å²) in [5.74, 6) is 1.26. The van der Waals surface area contributed by atoms with Gasteiger partial charge in [0.2, 0.25) is 5.58 Å². The number of hydrogen-bond donors (Lipinski definition) is 1. The predicted molar refractivity (Wildman–Crippen MR) is 88.9 cm³/mol. The van der Waals surface area contributed by atoms with Crippen LogP contribution in [0, 0.1) is 6.92 Å². The highest BCUT2D eigenvalue weighted by Gasteiger charge is 2.14. The SMILES string of the molecule is COc1ccc(-c2nc3c(oc4ccc(C)cc43)c(=O)[nH]2)cc1. The van der Waals surface area contributed by atoms with Gasteiger partial charge in [0, 0.05) is 10.9 Å². The number of aryl methyl sites for hydroxylation is 1. The number of methoxy groups -OCH3 is 1. The van der Waals surface area contributed by atoms with Crippen molar-refractivity contribution in [3.63, 3.8) is 0 Å². The molecule has 23 heavy (non-hydrogen) atoms. The molecule has 2 heterocycles. The first-order valence-electron chi connectivity index (χ1n) is 7.23. The number of hydrogen-bond acceptors (Lipinski definition) is 4. The number of aromatic amines is 1. The van der Waals surface area contributed by atoms with Crippen LogP contribution in [0.1, 0.15) is 5.56 Å². The summed E-state index contributed by atoms with van der Waals surface area (Å²) in [6.45, 7) is 2.00. The number of rotatable bonds is 2. The second-order valence-electron chi connectivity index (χ2n) is 5.42. The van der Waals surface area contributed by atoms with Gasteiger partial charge in [-0.05, 0) is 43.3 Å². The molecule has 0 saturated heterocycles. The molecule has 0 atom stereocenters. The van der Waals surface area contributed by atoms with Crippen LogP contribution in [-0.2, 0) is 0 Å². The van der Waals surface area contributed by atoms with E-state index < -0.39 is 0 Å². The zero-order chi connectivity index (χ0) is 16.0. The molecule has 1 N–H and O–H groups in total. The van der Waals surface area contributed by atoms with Crippen LogP contribution in [-0.4, -0.2) is 17.1 Å². The normalized spacial score (nSPS) is 11.2. The fraction of sp³-hybridized carbons (Fsp3) is 0.111. The molecule has 5 heteroatoms. The van der Waals surface area contributed by atoms with Gasteiger partial charge in [-0.3, -0.25) is 4.79 Å². The van der Waals surface area contributed by atoms with Gasteiger partial charge in [-0.25, -0.2) is 4.98 Å². The van der Waals surface area contributed by atoms with E-state index in [1.54, 1.807) is 7.11 Å². The first-order valence-corrected chi connectivity index (χ1v) is 7.23. The topological polar surface area (TPSA) is 68.1 Å². The van der Waals surface area contributed by atoms with E-state index >= 15 is 0 Å². The molecule has 4 aromatic rings. The summed E-state index contributed by atoms with van der Waals surface area (Å²) < 4.78 is 10.8. The number of aromatic nitrogens is 2. The molecule has 0 aliphatic heterocycles. The maximum absolute atomic E-state index is 12.3. The number of furan rings is 1. The Morgan fingerprint density at radius 1 is 1.13 bits per heavy atom. The van der Waals surface area contributed by atoms with Crippen molar-refractivity contribution in [3.8, 4) is 17.1 Å². The van der Waals surface area contributed by atoms with Crippen molar-refractivity contribution in [1.82, 2.24) is 9.97 Å². The van der Waals surface area contributed by atoms with E-state index in [-0.39, 0.29) is 11.1 Å². The first-order chi connectivity index (χ1) is 11.2. The van der Waals surface area contributed by atoms with Gasteiger partial charge in [0.15, 0.2) is 0 Å². The van der Waals surface area contributed by atoms with E-state index in [0.29, 0.717) is 16.9 Å². The molecular formula is C18H14N2O3. The quantitative estimate of drug-likeness (QED) is 0.614. The Hall–Kier alpha value is -3.08. The second-order valence-corrected chi connectivity index (χ2v) is 5.42. The highest BCUT2D eigenvalue weighted by Crippen LogP contribution is 2.27. The highest BCUT2D eigenvalue weighted by molar-refractivity contribution is 6.02. The average Bonchev–Trinajstić information content (AvgIpc) is 2.93. The van der Waals surface area contributed by atoms with Crippen LogP contribution in [0.3, 0.4) is 0 Å². The third-order valence-electron chi connectivity index (χ3n) is 3.84. The standard InChI is InChI=1S/C18H14N2O3/c1-10-3-8-14-13(9-10)15-16(23-14)18(21)20-17(19-15)11-4-6-12(22-2)7-5-11/h3-9H,1-2H3,(H,19,20,21). The van der Waals surface area contributed by atoms with E-state index in [4.69, 9.17) is 9.15 Å². The Morgan fingerprint density at radius 3 is 2.65 bits per heavy atom. The van der Waals surface area contributed by atoms with Crippen LogP contribution in [0.25, 0.3) is 33.5 Å². The number of ether oxygens (including phenoxy) is 1. The smallest absolute Gasteiger partial charge is 0.294 e. The lowest BCUT2D eigenvalue weighted by molar-refractivity contribution is 0.415. The van der Waals surface area contributed by atoms with E-state index in [1.165, 1.54) is 0 Å². The lowest BCUT2D eigenvalue weighted by Crippen LogP contribution is -2.08. The Bertz CT molecular complexity index is 1080. The molecule has 0 aliphatic carbocycles. The van der Waals surface area contributed by atoms with Gasteiger partial charge >= 0.3 is 0 Å². The molecule has 0 fully saturated rings. The number of H-pyrrole nitrogens is 1. The molecule has 0 saturated carbocycles. The maximum Gasteiger partial charge on any atom is 0.294 e. The largest absolute Gasteiger partial charge is 0.497 e. The summed E-state index contributed by atoms with van der Waals surface area (Å²) in [4.78, 5) is 19.7. The number of benzene rings is 2. The third-order valence-corrected chi connectivity index (χ3v) is 3.84. The number of nitrogens with zero attached hydrogens (tertiary/aromatic N) is 1. The molecule has 4 rings (SSSR count). The molecule has 0 radical (unpaired) electrons. The van der Waals surface area contributed by atoms with Gasteiger partial charge in [-0.2, -0.15) is 0 Å². The molecular weight excluding hydrogens is 292 g/mol. The Morgan fingerprint density at radius 2 is 1.91 bits per heavy atom. The summed E-state index contributed by atoms with van der Waals surface area (Å²) in [7, 11) is 1.61. The minimum absolute atomic E-state index is 0.253. The average molecular weight is 306 g/mol. The van der Waals surface area contributed by atoms with Crippen LogP contribution < -0.4 is 10.3 Å². The Balaban J connectivity index is 1.99. The van der Waals surface area contributed by atoms with Crippen molar-refractivity contribution < 1.29 is 9.15 Å². The van der Waals surface area contributed by atoms with Crippen molar-refractivity contribution in [3.05, 3.63) is 58.4 Å². The van der Waals surface area contributed by atoms with Crippen molar-refractivity contribution >= 4 is 22.1 Å². The van der Waals surface area contributed by atoms with Crippen molar-refractivity contribution in [2.45, 2.75) is 6.92 Å². The maximum atomic E-state index is 12.3. The Labute approximate surface area is 131 Å².